The lowest BCUT2D eigenvalue weighted by atomic mass is 10.2. The van der Waals surface area contributed by atoms with Gasteiger partial charge < -0.3 is 19.5 Å². The third-order valence-electron chi connectivity index (χ3n) is 4.83. The molecule has 2 aromatic carbocycles. The number of fused-ring (bicyclic) bond motifs is 1. The second-order valence-electron chi connectivity index (χ2n) is 7.17. The van der Waals surface area contributed by atoms with Crippen LogP contribution in [-0.2, 0) is 21.2 Å². The summed E-state index contributed by atoms with van der Waals surface area (Å²) in [6.07, 6.45) is 2.71. The average Bonchev–Trinajstić information content (AvgIpc) is 3.21. The number of rotatable bonds is 11. The number of nitrogens with one attached hydrogen (secondary N) is 1. The Balaban J connectivity index is 1.42. The number of aryl methyl sites for hydroxylation is 1. The Bertz CT molecular complexity index is 992. The SMILES string of the molecule is CCc1ccc(OCCNC(=O)CCCN(c2ccc3c(c2)OCO3)S(C)(=O)=O)cc1. The predicted octanol–water partition coefficient (Wildman–Crippen LogP) is 2.72. The van der Waals surface area contributed by atoms with Gasteiger partial charge in [0.05, 0.1) is 18.5 Å². The Labute approximate surface area is 183 Å². The summed E-state index contributed by atoms with van der Waals surface area (Å²) in [6.45, 7) is 3.14. The van der Waals surface area contributed by atoms with Crippen molar-refractivity contribution in [3.63, 3.8) is 0 Å². The summed E-state index contributed by atoms with van der Waals surface area (Å²) in [7, 11) is -3.50. The summed E-state index contributed by atoms with van der Waals surface area (Å²) in [5.41, 5.74) is 1.72. The quantitative estimate of drug-likeness (QED) is 0.531. The number of sulfonamides is 1. The number of nitrogens with zero attached hydrogens (tertiary/aromatic N) is 1. The first kappa shape index (κ1) is 22.7. The Kier molecular flexibility index (Phi) is 7.62. The van der Waals surface area contributed by atoms with Crippen molar-refractivity contribution < 1.29 is 27.4 Å². The first-order valence-corrected chi connectivity index (χ1v) is 12.1. The number of amides is 1. The van der Waals surface area contributed by atoms with E-state index in [9.17, 15) is 13.2 Å². The average molecular weight is 449 g/mol. The van der Waals surface area contributed by atoms with Crippen LogP contribution in [0.3, 0.4) is 0 Å². The number of anilines is 1. The molecule has 0 fully saturated rings. The molecule has 0 radical (unpaired) electrons. The molecule has 9 heteroatoms. The Morgan fingerprint density at radius 1 is 1.13 bits per heavy atom. The van der Waals surface area contributed by atoms with Crippen LogP contribution in [0.5, 0.6) is 17.2 Å². The largest absolute Gasteiger partial charge is 0.492 e. The van der Waals surface area contributed by atoms with E-state index in [4.69, 9.17) is 14.2 Å². The molecule has 1 N–H and O–H groups in total. The number of benzene rings is 2. The molecule has 3 rings (SSSR count). The van der Waals surface area contributed by atoms with Crippen LogP contribution in [0.1, 0.15) is 25.3 Å². The van der Waals surface area contributed by atoms with Crippen LogP contribution in [0.15, 0.2) is 42.5 Å². The molecule has 0 atom stereocenters. The van der Waals surface area contributed by atoms with E-state index in [-0.39, 0.29) is 25.7 Å². The van der Waals surface area contributed by atoms with Gasteiger partial charge in [-0.1, -0.05) is 19.1 Å². The molecule has 1 aliphatic rings. The molecule has 31 heavy (non-hydrogen) atoms. The van der Waals surface area contributed by atoms with Gasteiger partial charge in [-0.3, -0.25) is 9.10 Å². The molecule has 0 bridgehead atoms. The summed E-state index contributed by atoms with van der Waals surface area (Å²) in [5.74, 6) is 1.70. The molecule has 0 saturated heterocycles. The number of ether oxygens (including phenoxy) is 3. The molecule has 2 aromatic rings. The van der Waals surface area contributed by atoms with Gasteiger partial charge in [0.25, 0.3) is 0 Å². The highest BCUT2D eigenvalue weighted by molar-refractivity contribution is 7.92. The second-order valence-corrected chi connectivity index (χ2v) is 9.08. The maximum Gasteiger partial charge on any atom is 0.232 e. The molecule has 168 valence electrons. The van der Waals surface area contributed by atoms with Crippen molar-refractivity contribution >= 4 is 21.6 Å². The van der Waals surface area contributed by atoms with Crippen molar-refractivity contribution in [2.45, 2.75) is 26.2 Å². The molecular weight excluding hydrogens is 420 g/mol. The summed E-state index contributed by atoms with van der Waals surface area (Å²) in [5, 5.41) is 2.79. The molecule has 1 amide bonds. The van der Waals surface area contributed by atoms with Crippen molar-refractivity contribution in [1.29, 1.82) is 0 Å². The zero-order chi connectivity index (χ0) is 22.3. The van der Waals surface area contributed by atoms with E-state index >= 15 is 0 Å². The Hall–Kier alpha value is -2.94. The Morgan fingerprint density at radius 3 is 2.58 bits per heavy atom. The molecule has 1 aliphatic heterocycles. The molecular formula is C22H28N2O6S. The molecule has 0 spiro atoms. The summed E-state index contributed by atoms with van der Waals surface area (Å²) >= 11 is 0. The normalized spacial score (nSPS) is 12.5. The fraction of sp³-hybridized carbons (Fsp3) is 0.409. The summed E-state index contributed by atoms with van der Waals surface area (Å²) in [4.78, 5) is 12.1. The monoisotopic (exact) mass is 448 g/mol. The van der Waals surface area contributed by atoms with Gasteiger partial charge in [-0.2, -0.15) is 0 Å². The van der Waals surface area contributed by atoms with Crippen LogP contribution >= 0.6 is 0 Å². The van der Waals surface area contributed by atoms with Crippen molar-refractivity contribution in [3.05, 3.63) is 48.0 Å². The van der Waals surface area contributed by atoms with Crippen molar-refractivity contribution in [2.75, 3.05) is 37.1 Å². The topological polar surface area (TPSA) is 94.2 Å². The van der Waals surface area contributed by atoms with Crippen molar-refractivity contribution in [1.82, 2.24) is 5.32 Å². The standard InChI is InChI=1S/C22H28N2O6S/c1-3-17-6-9-19(10-7-17)28-14-12-23-22(25)5-4-13-24(31(2,26)27)18-8-11-20-21(15-18)30-16-29-20/h6-11,15H,3-5,12-14,16H2,1-2H3,(H,23,25). The van der Waals surface area contributed by atoms with Gasteiger partial charge in [0.1, 0.15) is 12.4 Å². The van der Waals surface area contributed by atoms with E-state index in [1.54, 1.807) is 18.2 Å². The second kappa shape index (κ2) is 10.4. The lowest BCUT2D eigenvalue weighted by molar-refractivity contribution is -0.121. The minimum atomic E-state index is -3.50. The third kappa shape index (κ3) is 6.52. The highest BCUT2D eigenvalue weighted by Crippen LogP contribution is 2.36. The Morgan fingerprint density at radius 2 is 1.87 bits per heavy atom. The first-order valence-electron chi connectivity index (χ1n) is 10.2. The van der Waals surface area contributed by atoms with Crippen LogP contribution < -0.4 is 23.8 Å². The zero-order valence-electron chi connectivity index (χ0n) is 17.8. The van der Waals surface area contributed by atoms with Crippen molar-refractivity contribution in [2.24, 2.45) is 0 Å². The number of hydrogen-bond acceptors (Lipinski definition) is 6. The maximum absolute atomic E-state index is 12.2. The number of carbonyl (C=O) groups excluding carboxylic acids is 1. The number of hydrogen-bond donors (Lipinski definition) is 1. The molecule has 1 heterocycles. The fourth-order valence-corrected chi connectivity index (χ4v) is 4.14. The smallest absolute Gasteiger partial charge is 0.232 e. The van der Waals surface area contributed by atoms with Crippen molar-refractivity contribution in [3.8, 4) is 17.2 Å². The van der Waals surface area contributed by atoms with Gasteiger partial charge in [-0.15, -0.1) is 0 Å². The minimum Gasteiger partial charge on any atom is -0.492 e. The maximum atomic E-state index is 12.2. The zero-order valence-corrected chi connectivity index (χ0v) is 18.6. The molecule has 0 aromatic heterocycles. The molecule has 8 nitrogen and oxygen atoms in total. The van der Waals surface area contributed by atoms with Crippen LogP contribution in [0.2, 0.25) is 0 Å². The van der Waals surface area contributed by atoms with Crippen LogP contribution in [0.4, 0.5) is 5.69 Å². The lowest BCUT2D eigenvalue weighted by Gasteiger charge is -2.22. The number of carbonyl (C=O) groups is 1. The van der Waals surface area contributed by atoms with Crippen LogP contribution in [-0.4, -0.2) is 47.1 Å². The summed E-state index contributed by atoms with van der Waals surface area (Å²) < 4.78 is 41.9. The fourth-order valence-electron chi connectivity index (χ4n) is 3.18. The molecule has 0 aliphatic carbocycles. The van der Waals surface area contributed by atoms with Gasteiger partial charge in [-0.05, 0) is 42.7 Å². The van der Waals surface area contributed by atoms with E-state index in [0.29, 0.717) is 36.8 Å². The van der Waals surface area contributed by atoms with E-state index in [0.717, 1.165) is 18.4 Å². The van der Waals surface area contributed by atoms with E-state index < -0.39 is 10.0 Å². The van der Waals surface area contributed by atoms with Crippen LogP contribution in [0, 0.1) is 0 Å². The molecule has 0 saturated carbocycles. The first-order chi connectivity index (χ1) is 14.9. The highest BCUT2D eigenvalue weighted by Gasteiger charge is 2.21. The lowest BCUT2D eigenvalue weighted by Crippen LogP contribution is -2.32. The predicted molar refractivity (Wildman–Crippen MR) is 118 cm³/mol. The van der Waals surface area contributed by atoms with Gasteiger partial charge in [0, 0.05) is 19.0 Å². The highest BCUT2D eigenvalue weighted by atomic mass is 32.2. The van der Waals surface area contributed by atoms with Gasteiger partial charge in [0.15, 0.2) is 11.5 Å². The van der Waals surface area contributed by atoms with Crippen LogP contribution in [0.25, 0.3) is 0 Å². The van der Waals surface area contributed by atoms with E-state index in [1.807, 2.05) is 24.3 Å². The van der Waals surface area contributed by atoms with E-state index in [2.05, 4.69) is 12.2 Å². The van der Waals surface area contributed by atoms with Gasteiger partial charge in [0.2, 0.25) is 22.7 Å². The molecule has 0 unspecified atom stereocenters. The van der Waals surface area contributed by atoms with Gasteiger partial charge >= 0.3 is 0 Å². The summed E-state index contributed by atoms with van der Waals surface area (Å²) in [6, 6.07) is 12.8. The van der Waals surface area contributed by atoms with Gasteiger partial charge in [-0.25, -0.2) is 8.42 Å². The minimum absolute atomic E-state index is 0.117. The third-order valence-corrected chi connectivity index (χ3v) is 6.03. The van der Waals surface area contributed by atoms with E-state index in [1.165, 1.54) is 9.87 Å².